The Bertz CT molecular complexity index is 769. The number of fused-ring (bicyclic) bond motifs is 1. The molecule has 1 aromatic carbocycles. The lowest BCUT2D eigenvalue weighted by Gasteiger charge is -2.50. The number of carbonyl (C=O) groups excluding carboxylic acids is 1. The zero-order valence-electron chi connectivity index (χ0n) is 15.4. The van der Waals surface area contributed by atoms with Crippen molar-refractivity contribution in [2.24, 2.45) is 5.92 Å². The summed E-state index contributed by atoms with van der Waals surface area (Å²) in [4.78, 5) is 17.5. The van der Waals surface area contributed by atoms with Gasteiger partial charge in [0, 0.05) is 18.8 Å². The number of hydrogen-bond donors (Lipinski definition) is 0. The molecule has 0 unspecified atom stereocenters. The molecular weight excluding hydrogens is 326 g/mol. The molecule has 0 N–H and O–H groups in total. The molecule has 3 aliphatic rings. The molecule has 0 radical (unpaired) electrons. The van der Waals surface area contributed by atoms with Crippen molar-refractivity contribution in [1.82, 2.24) is 9.80 Å². The Morgan fingerprint density at radius 2 is 2.19 bits per heavy atom. The molecule has 136 valence electrons. The molecule has 0 aromatic heterocycles. The predicted octanol–water partition coefficient (Wildman–Crippen LogP) is 3.21. The summed E-state index contributed by atoms with van der Waals surface area (Å²) in [7, 11) is 0. The van der Waals surface area contributed by atoms with Gasteiger partial charge in [-0.1, -0.05) is 30.3 Å². The van der Waals surface area contributed by atoms with Crippen molar-refractivity contribution in [2.45, 2.75) is 50.9 Å². The van der Waals surface area contributed by atoms with E-state index in [4.69, 9.17) is 4.74 Å². The van der Waals surface area contributed by atoms with Crippen molar-refractivity contribution in [3.8, 4) is 6.07 Å². The molecule has 1 spiro atoms. The molecular formula is C21H25N3O2. The number of carbonyl (C=O) groups is 1. The standard InChI is InChI=1S/C21H25N3O2/c1-3-26-20(25)18-12-21-10-7-11-23(21)14-17(13-22)19(18)24(21)15(2)16-8-5-4-6-9-16/h4-6,8-9,14-15,18-19H,3,7,10-12H2,1-2H3/t15-,18+,19-,21-/m1/s1. The maximum Gasteiger partial charge on any atom is 0.311 e. The van der Waals surface area contributed by atoms with Crippen molar-refractivity contribution in [2.75, 3.05) is 13.2 Å². The van der Waals surface area contributed by atoms with Crippen molar-refractivity contribution >= 4 is 5.97 Å². The molecule has 3 heterocycles. The van der Waals surface area contributed by atoms with Crippen LogP contribution in [0.25, 0.3) is 0 Å². The van der Waals surface area contributed by atoms with Gasteiger partial charge >= 0.3 is 5.97 Å². The van der Waals surface area contributed by atoms with Crippen LogP contribution < -0.4 is 0 Å². The van der Waals surface area contributed by atoms with Crippen LogP contribution in [0.4, 0.5) is 0 Å². The van der Waals surface area contributed by atoms with Crippen LogP contribution in [-0.2, 0) is 9.53 Å². The molecule has 5 nitrogen and oxygen atoms in total. The first-order valence-electron chi connectivity index (χ1n) is 9.51. The number of nitriles is 1. The molecule has 0 saturated carbocycles. The minimum absolute atomic E-state index is 0.123. The molecule has 5 heteroatoms. The van der Waals surface area contributed by atoms with Crippen LogP contribution in [0.3, 0.4) is 0 Å². The van der Waals surface area contributed by atoms with Gasteiger partial charge in [-0.15, -0.1) is 0 Å². The first-order chi connectivity index (χ1) is 12.6. The van der Waals surface area contributed by atoms with Crippen molar-refractivity contribution in [1.29, 1.82) is 5.26 Å². The number of hydrogen-bond acceptors (Lipinski definition) is 5. The van der Waals surface area contributed by atoms with Gasteiger partial charge in [0.25, 0.3) is 0 Å². The van der Waals surface area contributed by atoms with Crippen molar-refractivity contribution in [3.63, 3.8) is 0 Å². The van der Waals surface area contributed by atoms with E-state index in [1.807, 2.05) is 31.3 Å². The van der Waals surface area contributed by atoms with E-state index in [0.29, 0.717) is 12.2 Å². The third-order valence-corrected chi connectivity index (χ3v) is 6.25. The summed E-state index contributed by atoms with van der Waals surface area (Å²) in [5.41, 5.74) is 1.71. The van der Waals surface area contributed by atoms with Gasteiger partial charge in [-0.3, -0.25) is 9.69 Å². The maximum atomic E-state index is 12.7. The summed E-state index contributed by atoms with van der Waals surface area (Å²) in [6, 6.07) is 12.7. The van der Waals surface area contributed by atoms with Crippen LogP contribution in [0.5, 0.6) is 0 Å². The third-order valence-electron chi connectivity index (χ3n) is 6.25. The molecule has 2 fully saturated rings. The minimum atomic E-state index is -0.282. The van der Waals surface area contributed by atoms with Crippen LogP contribution in [0.2, 0.25) is 0 Å². The van der Waals surface area contributed by atoms with Crippen LogP contribution in [0, 0.1) is 17.2 Å². The quantitative estimate of drug-likeness (QED) is 0.780. The zero-order valence-corrected chi connectivity index (χ0v) is 15.4. The van der Waals surface area contributed by atoms with Gasteiger partial charge in [-0.2, -0.15) is 5.26 Å². The van der Waals surface area contributed by atoms with Gasteiger partial charge in [-0.05, 0) is 38.7 Å². The van der Waals surface area contributed by atoms with Gasteiger partial charge in [0.2, 0.25) is 0 Å². The van der Waals surface area contributed by atoms with Gasteiger partial charge in [-0.25, -0.2) is 0 Å². The Kier molecular flexibility index (Phi) is 4.24. The smallest absolute Gasteiger partial charge is 0.311 e. The predicted molar refractivity (Wildman–Crippen MR) is 97.6 cm³/mol. The van der Waals surface area contributed by atoms with Crippen LogP contribution in [0.15, 0.2) is 42.1 Å². The van der Waals surface area contributed by atoms with Crippen LogP contribution in [-0.4, -0.2) is 40.6 Å². The topological polar surface area (TPSA) is 56.6 Å². The molecule has 26 heavy (non-hydrogen) atoms. The van der Waals surface area contributed by atoms with Gasteiger partial charge in [0.05, 0.1) is 35.9 Å². The third kappa shape index (κ3) is 2.36. The highest BCUT2D eigenvalue weighted by molar-refractivity contribution is 5.75. The normalized spacial score (nSPS) is 31.1. The van der Waals surface area contributed by atoms with Crippen molar-refractivity contribution < 1.29 is 9.53 Å². The Morgan fingerprint density at radius 3 is 2.88 bits per heavy atom. The summed E-state index contributed by atoms with van der Waals surface area (Å²) in [6.45, 7) is 5.34. The highest BCUT2D eigenvalue weighted by Gasteiger charge is 2.62. The Hall–Kier alpha value is -2.32. The molecule has 0 amide bonds. The Labute approximate surface area is 154 Å². The number of nitrogens with zero attached hydrogens (tertiary/aromatic N) is 3. The molecule has 2 saturated heterocycles. The van der Waals surface area contributed by atoms with Gasteiger partial charge in [0.1, 0.15) is 0 Å². The summed E-state index contributed by atoms with van der Waals surface area (Å²) in [5, 5.41) is 9.80. The van der Waals surface area contributed by atoms with E-state index in [-0.39, 0.29) is 29.6 Å². The van der Waals surface area contributed by atoms with E-state index in [9.17, 15) is 10.1 Å². The molecule has 3 aliphatic heterocycles. The second-order valence-corrected chi connectivity index (χ2v) is 7.48. The summed E-state index contributed by atoms with van der Waals surface area (Å²) in [5.74, 6) is -0.454. The highest BCUT2D eigenvalue weighted by atomic mass is 16.5. The van der Waals surface area contributed by atoms with Crippen LogP contribution >= 0.6 is 0 Å². The SMILES string of the molecule is CCOC(=O)[C@H]1C[C@]23CCCN2C=C(C#N)[C@H]1N3[C@H](C)c1ccccc1. The summed E-state index contributed by atoms with van der Waals surface area (Å²) >= 11 is 0. The summed E-state index contributed by atoms with van der Waals surface area (Å²) in [6.07, 6.45) is 4.84. The lowest BCUT2D eigenvalue weighted by atomic mass is 9.93. The fraction of sp³-hybridized carbons (Fsp3) is 0.524. The first kappa shape index (κ1) is 17.1. The summed E-state index contributed by atoms with van der Waals surface area (Å²) < 4.78 is 5.39. The molecule has 4 atom stereocenters. The van der Waals surface area contributed by atoms with Gasteiger partial charge in [0.15, 0.2) is 0 Å². The van der Waals surface area contributed by atoms with Crippen molar-refractivity contribution in [3.05, 3.63) is 47.7 Å². The highest BCUT2D eigenvalue weighted by Crippen LogP contribution is 2.55. The zero-order chi connectivity index (χ0) is 18.3. The molecule has 2 bridgehead atoms. The monoisotopic (exact) mass is 351 g/mol. The number of ether oxygens (including phenoxy) is 1. The lowest BCUT2D eigenvalue weighted by molar-refractivity contribution is -0.148. The Balaban J connectivity index is 1.80. The lowest BCUT2D eigenvalue weighted by Crippen LogP contribution is -2.58. The van der Waals surface area contributed by atoms with E-state index in [2.05, 4.69) is 34.9 Å². The van der Waals surface area contributed by atoms with E-state index < -0.39 is 0 Å². The average molecular weight is 351 g/mol. The minimum Gasteiger partial charge on any atom is -0.466 e. The Morgan fingerprint density at radius 1 is 1.42 bits per heavy atom. The van der Waals surface area contributed by atoms with Gasteiger partial charge < -0.3 is 9.64 Å². The van der Waals surface area contributed by atoms with E-state index in [0.717, 1.165) is 25.8 Å². The number of rotatable bonds is 4. The maximum absolute atomic E-state index is 12.7. The van der Waals surface area contributed by atoms with E-state index in [1.54, 1.807) is 0 Å². The van der Waals surface area contributed by atoms with E-state index >= 15 is 0 Å². The number of esters is 1. The van der Waals surface area contributed by atoms with E-state index in [1.165, 1.54) is 5.56 Å². The average Bonchev–Trinajstić information content (AvgIpc) is 3.20. The fourth-order valence-electron chi connectivity index (χ4n) is 5.25. The second-order valence-electron chi connectivity index (χ2n) is 7.48. The fourth-order valence-corrected chi connectivity index (χ4v) is 5.25. The molecule has 0 aliphatic carbocycles. The first-order valence-corrected chi connectivity index (χ1v) is 9.51. The second kappa shape index (κ2) is 6.44. The molecule has 1 aromatic rings. The molecule has 4 rings (SSSR count). The number of benzene rings is 1. The van der Waals surface area contributed by atoms with Crippen LogP contribution in [0.1, 0.15) is 44.7 Å². The largest absolute Gasteiger partial charge is 0.466 e.